The van der Waals surface area contributed by atoms with Gasteiger partial charge in [-0.3, -0.25) is 0 Å². The molecule has 0 aliphatic rings. The highest BCUT2D eigenvalue weighted by Gasteiger charge is 2.15. The van der Waals surface area contributed by atoms with E-state index < -0.39 is 12.1 Å². The van der Waals surface area contributed by atoms with E-state index in [1.54, 1.807) is 7.11 Å². The monoisotopic (exact) mass is 266 g/mol. The Bertz CT molecular complexity index is 372. The summed E-state index contributed by atoms with van der Waals surface area (Å²) in [6.45, 7) is 2.29. The predicted molar refractivity (Wildman–Crippen MR) is 73.2 cm³/mol. The second-order valence-electron chi connectivity index (χ2n) is 4.42. The van der Waals surface area contributed by atoms with Crippen LogP contribution in [0.3, 0.4) is 0 Å². The molecular weight excluding hydrogens is 244 g/mol. The summed E-state index contributed by atoms with van der Waals surface area (Å²) in [5, 5.41) is 9.61. The highest BCUT2D eigenvalue weighted by atomic mass is 16.5. The topological polar surface area (TPSA) is 55.8 Å². The number of aliphatic hydroxyl groups excluding tert-OH is 1. The fourth-order valence-corrected chi connectivity index (χ4v) is 1.71. The van der Waals surface area contributed by atoms with Gasteiger partial charge in [-0.1, -0.05) is 19.1 Å². The summed E-state index contributed by atoms with van der Waals surface area (Å²) in [6, 6.07) is 7.78. The maximum Gasteiger partial charge on any atom is 0.334 e. The average Bonchev–Trinajstić information content (AvgIpc) is 2.45. The second-order valence-corrected chi connectivity index (χ2v) is 4.42. The number of hydrogen-bond acceptors (Lipinski definition) is 4. The number of ether oxygens (including phenoxy) is 2. The van der Waals surface area contributed by atoms with Crippen molar-refractivity contribution in [1.29, 1.82) is 0 Å². The number of methoxy groups -OCH3 is 1. The number of aliphatic hydroxyl groups is 1. The molecule has 0 saturated heterocycles. The van der Waals surface area contributed by atoms with Crippen LogP contribution >= 0.6 is 0 Å². The van der Waals surface area contributed by atoms with Gasteiger partial charge in [0.2, 0.25) is 0 Å². The minimum atomic E-state index is -1.01. The van der Waals surface area contributed by atoms with Crippen molar-refractivity contribution in [2.45, 2.75) is 38.7 Å². The quantitative estimate of drug-likeness (QED) is 0.734. The zero-order valence-electron chi connectivity index (χ0n) is 11.6. The summed E-state index contributed by atoms with van der Waals surface area (Å²) in [5.74, 6) is 0.309. The molecule has 4 nitrogen and oxygen atoms in total. The molecule has 1 rings (SSSR count). The molecule has 1 unspecified atom stereocenters. The molecule has 0 bridgehead atoms. The Kier molecular flexibility index (Phi) is 6.97. The van der Waals surface area contributed by atoms with Gasteiger partial charge < -0.3 is 14.6 Å². The fourth-order valence-electron chi connectivity index (χ4n) is 1.71. The first kappa shape index (κ1) is 15.5. The lowest BCUT2D eigenvalue weighted by molar-refractivity contribution is -0.153. The predicted octanol–water partition coefficient (Wildman–Crippen LogP) is 2.33. The number of carbonyl (C=O) groups excluding carboxylic acids is 1. The third-order valence-corrected chi connectivity index (χ3v) is 2.82. The maximum absolute atomic E-state index is 11.3. The zero-order chi connectivity index (χ0) is 14.1. The first-order valence-electron chi connectivity index (χ1n) is 6.65. The van der Waals surface area contributed by atoms with E-state index >= 15 is 0 Å². The van der Waals surface area contributed by atoms with Crippen molar-refractivity contribution in [3.63, 3.8) is 0 Å². The van der Waals surface area contributed by atoms with Gasteiger partial charge >= 0.3 is 5.97 Å². The number of benzene rings is 1. The lowest BCUT2D eigenvalue weighted by Gasteiger charge is -2.10. The molecular formula is C15H22O4. The van der Waals surface area contributed by atoms with Gasteiger partial charge in [-0.2, -0.15) is 0 Å². The summed E-state index contributed by atoms with van der Waals surface area (Å²) in [4.78, 5) is 11.3. The van der Waals surface area contributed by atoms with Gasteiger partial charge in [0.15, 0.2) is 6.10 Å². The molecule has 0 spiro atoms. The van der Waals surface area contributed by atoms with Crippen molar-refractivity contribution in [1.82, 2.24) is 0 Å². The summed E-state index contributed by atoms with van der Waals surface area (Å²) in [7, 11) is 1.63. The molecule has 1 atom stereocenters. The number of carbonyl (C=O) groups is 1. The van der Waals surface area contributed by atoms with E-state index in [0.717, 1.165) is 30.6 Å². The van der Waals surface area contributed by atoms with E-state index in [9.17, 15) is 9.90 Å². The Morgan fingerprint density at radius 2 is 2.00 bits per heavy atom. The third-order valence-electron chi connectivity index (χ3n) is 2.82. The Morgan fingerprint density at radius 3 is 2.58 bits per heavy atom. The average molecular weight is 266 g/mol. The molecule has 0 aliphatic carbocycles. The van der Waals surface area contributed by atoms with Gasteiger partial charge in [0.1, 0.15) is 5.75 Å². The highest BCUT2D eigenvalue weighted by Crippen LogP contribution is 2.13. The van der Waals surface area contributed by atoms with Crippen LogP contribution in [-0.2, 0) is 16.0 Å². The molecule has 19 heavy (non-hydrogen) atoms. The zero-order valence-corrected chi connectivity index (χ0v) is 11.6. The number of rotatable bonds is 8. The van der Waals surface area contributed by atoms with Crippen LogP contribution in [0.5, 0.6) is 5.75 Å². The molecule has 0 saturated carbocycles. The fraction of sp³-hybridized carbons (Fsp3) is 0.533. The van der Waals surface area contributed by atoms with E-state index in [1.165, 1.54) is 0 Å². The minimum absolute atomic E-state index is 0.369. The van der Waals surface area contributed by atoms with E-state index in [1.807, 2.05) is 31.2 Å². The van der Waals surface area contributed by atoms with Crippen molar-refractivity contribution < 1.29 is 19.4 Å². The van der Waals surface area contributed by atoms with Crippen molar-refractivity contribution in [3.8, 4) is 5.75 Å². The van der Waals surface area contributed by atoms with Gasteiger partial charge in [0.05, 0.1) is 13.7 Å². The van der Waals surface area contributed by atoms with Crippen LogP contribution in [0.25, 0.3) is 0 Å². The lowest BCUT2D eigenvalue weighted by atomic mass is 10.1. The van der Waals surface area contributed by atoms with Gasteiger partial charge in [0, 0.05) is 0 Å². The highest BCUT2D eigenvalue weighted by molar-refractivity contribution is 5.74. The second kappa shape index (κ2) is 8.53. The summed E-state index contributed by atoms with van der Waals surface area (Å²) < 4.78 is 9.96. The van der Waals surface area contributed by atoms with E-state index in [0.29, 0.717) is 13.0 Å². The largest absolute Gasteiger partial charge is 0.497 e. The van der Waals surface area contributed by atoms with Crippen LogP contribution in [0, 0.1) is 0 Å². The standard InChI is InChI=1S/C15H22O4/c1-3-11-19-15(17)14(16)6-4-5-12-7-9-13(18-2)10-8-12/h7-10,14,16H,3-6,11H2,1-2H3. The first-order chi connectivity index (χ1) is 9.17. The van der Waals surface area contributed by atoms with Gasteiger partial charge in [-0.15, -0.1) is 0 Å². The number of hydrogen-bond donors (Lipinski definition) is 1. The third kappa shape index (κ3) is 5.75. The van der Waals surface area contributed by atoms with Crippen LogP contribution in [0.15, 0.2) is 24.3 Å². The van der Waals surface area contributed by atoms with Gasteiger partial charge in [-0.05, 0) is 43.4 Å². The Labute approximate surface area is 114 Å². The van der Waals surface area contributed by atoms with Crippen LogP contribution in [0.4, 0.5) is 0 Å². The molecule has 4 heteroatoms. The van der Waals surface area contributed by atoms with Crippen LogP contribution < -0.4 is 4.74 Å². The Morgan fingerprint density at radius 1 is 1.32 bits per heavy atom. The molecule has 0 aliphatic heterocycles. The van der Waals surface area contributed by atoms with Crippen molar-refractivity contribution in [2.24, 2.45) is 0 Å². The summed E-state index contributed by atoms with van der Waals surface area (Å²) in [5.41, 5.74) is 1.16. The van der Waals surface area contributed by atoms with Gasteiger partial charge in [0.25, 0.3) is 0 Å². The van der Waals surface area contributed by atoms with E-state index in [4.69, 9.17) is 9.47 Å². The molecule has 0 aromatic heterocycles. The Hall–Kier alpha value is -1.55. The van der Waals surface area contributed by atoms with Crippen molar-refractivity contribution >= 4 is 5.97 Å². The molecule has 106 valence electrons. The molecule has 0 radical (unpaired) electrons. The summed E-state index contributed by atoms with van der Waals surface area (Å²) >= 11 is 0. The number of esters is 1. The van der Waals surface area contributed by atoms with E-state index in [2.05, 4.69) is 0 Å². The van der Waals surface area contributed by atoms with Crippen molar-refractivity contribution in [2.75, 3.05) is 13.7 Å². The normalized spacial score (nSPS) is 11.9. The lowest BCUT2D eigenvalue weighted by Crippen LogP contribution is -2.23. The van der Waals surface area contributed by atoms with Crippen molar-refractivity contribution in [3.05, 3.63) is 29.8 Å². The van der Waals surface area contributed by atoms with E-state index in [-0.39, 0.29) is 0 Å². The molecule has 0 heterocycles. The van der Waals surface area contributed by atoms with Crippen LogP contribution in [-0.4, -0.2) is 30.9 Å². The maximum atomic E-state index is 11.3. The first-order valence-corrected chi connectivity index (χ1v) is 6.65. The molecule has 0 amide bonds. The SMILES string of the molecule is CCCOC(=O)C(O)CCCc1ccc(OC)cc1. The summed E-state index contributed by atoms with van der Waals surface area (Å²) in [6.07, 6.45) is 1.75. The number of aryl methyl sites for hydroxylation is 1. The smallest absolute Gasteiger partial charge is 0.334 e. The molecule has 1 N–H and O–H groups in total. The molecule has 0 fully saturated rings. The van der Waals surface area contributed by atoms with Gasteiger partial charge in [-0.25, -0.2) is 4.79 Å². The molecule has 1 aromatic carbocycles. The molecule has 1 aromatic rings. The van der Waals surface area contributed by atoms with Crippen LogP contribution in [0.1, 0.15) is 31.7 Å². The Balaban J connectivity index is 2.26. The van der Waals surface area contributed by atoms with Crippen LogP contribution in [0.2, 0.25) is 0 Å². The minimum Gasteiger partial charge on any atom is -0.497 e.